The van der Waals surface area contributed by atoms with Crippen molar-refractivity contribution in [2.75, 3.05) is 32.7 Å². The minimum Gasteiger partial charge on any atom is -0.486 e. The predicted molar refractivity (Wildman–Crippen MR) is 150 cm³/mol. The van der Waals surface area contributed by atoms with Crippen LogP contribution in [0.25, 0.3) is 0 Å². The van der Waals surface area contributed by atoms with Gasteiger partial charge in [0.2, 0.25) is 11.8 Å². The Labute approximate surface area is 233 Å². The van der Waals surface area contributed by atoms with Gasteiger partial charge in [0, 0.05) is 51.4 Å². The molecule has 39 heavy (non-hydrogen) atoms. The van der Waals surface area contributed by atoms with E-state index in [1.807, 2.05) is 24.0 Å². The molecule has 1 atom stereocenters. The number of piperazine rings is 1. The molecule has 1 fully saturated rings. The number of thiazole rings is 1. The molecule has 0 N–H and O–H groups in total. The summed E-state index contributed by atoms with van der Waals surface area (Å²) >= 11 is 1.40. The first-order chi connectivity index (χ1) is 18.8. The highest BCUT2D eigenvalue weighted by molar-refractivity contribution is 7.09. The van der Waals surface area contributed by atoms with E-state index >= 15 is 0 Å². The van der Waals surface area contributed by atoms with Crippen LogP contribution < -0.4 is 4.74 Å². The Hall–Kier alpha value is -3.72. The third-order valence-corrected chi connectivity index (χ3v) is 8.33. The van der Waals surface area contributed by atoms with Crippen LogP contribution >= 0.6 is 11.3 Å². The van der Waals surface area contributed by atoms with Crippen molar-refractivity contribution in [3.63, 3.8) is 0 Å². The van der Waals surface area contributed by atoms with Gasteiger partial charge in [0.05, 0.1) is 6.04 Å². The highest BCUT2D eigenvalue weighted by Crippen LogP contribution is 2.37. The molecule has 3 aromatic rings. The normalized spacial score (nSPS) is 17.1. The van der Waals surface area contributed by atoms with Crippen LogP contribution in [-0.4, -0.2) is 70.1 Å². The van der Waals surface area contributed by atoms with E-state index in [4.69, 9.17) is 4.74 Å². The SMILES string of the molecule is CCC(=O)N1CCc2ccc(OCc3nc(C(=O)N4CCN(C(C)=O)CC4)cs3)cc2[C@@H]1c1ccc(C)cc1. The molecular formula is C30H34N4O4S. The first-order valence-corrected chi connectivity index (χ1v) is 14.3. The molecule has 2 aliphatic heterocycles. The molecule has 2 aromatic carbocycles. The zero-order valence-corrected chi connectivity index (χ0v) is 23.5. The first-order valence-electron chi connectivity index (χ1n) is 13.4. The Kier molecular flexibility index (Phi) is 7.97. The van der Waals surface area contributed by atoms with Gasteiger partial charge in [-0.25, -0.2) is 4.98 Å². The fraction of sp³-hybridized carbons (Fsp3) is 0.400. The summed E-state index contributed by atoms with van der Waals surface area (Å²) in [5, 5.41) is 2.49. The molecule has 0 spiro atoms. The van der Waals surface area contributed by atoms with Gasteiger partial charge in [0.15, 0.2) is 0 Å². The summed E-state index contributed by atoms with van der Waals surface area (Å²) in [6.07, 6.45) is 1.27. The number of ether oxygens (including phenoxy) is 1. The number of rotatable bonds is 6. The number of benzene rings is 2. The van der Waals surface area contributed by atoms with Gasteiger partial charge in [-0.2, -0.15) is 0 Å². The van der Waals surface area contributed by atoms with Gasteiger partial charge in [-0.05, 0) is 42.2 Å². The molecular weight excluding hydrogens is 512 g/mol. The molecule has 204 valence electrons. The van der Waals surface area contributed by atoms with Gasteiger partial charge in [-0.15, -0.1) is 11.3 Å². The van der Waals surface area contributed by atoms with E-state index in [0.717, 1.165) is 22.6 Å². The molecule has 9 heteroatoms. The average Bonchev–Trinajstić information content (AvgIpc) is 3.44. The molecule has 0 unspecified atom stereocenters. The van der Waals surface area contributed by atoms with Crippen LogP contribution in [0.5, 0.6) is 5.75 Å². The molecule has 0 saturated carbocycles. The van der Waals surface area contributed by atoms with E-state index in [-0.39, 0.29) is 30.4 Å². The number of nitrogens with zero attached hydrogens (tertiary/aromatic N) is 4. The minimum atomic E-state index is -0.155. The van der Waals surface area contributed by atoms with Gasteiger partial charge in [0.1, 0.15) is 23.1 Å². The second-order valence-corrected chi connectivity index (χ2v) is 11.0. The molecule has 0 aliphatic carbocycles. The molecule has 3 amide bonds. The van der Waals surface area contributed by atoms with E-state index in [2.05, 4.69) is 42.2 Å². The van der Waals surface area contributed by atoms with Crippen molar-refractivity contribution in [1.29, 1.82) is 0 Å². The summed E-state index contributed by atoms with van der Waals surface area (Å²) < 4.78 is 6.14. The number of hydrogen-bond acceptors (Lipinski definition) is 6. The minimum absolute atomic E-state index is 0.0345. The Balaban J connectivity index is 1.29. The summed E-state index contributed by atoms with van der Waals surface area (Å²) in [4.78, 5) is 47.4. The number of amides is 3. The third-order valence-electron chi connectivity index (χ3n) is 7.51. The van der Waals surface area contributed by atoms with Crippen molar-refractivity contribution < 1.29 is 19.1 Å². The van der Waals surface area contributed by atoms with E-state index < -0.39 is 0 Å². The maximum Gasteiger partial charge on any atom is 0.273 e. The second kappa shape index (κ2) is 11.6. The van der Waals surface area contributed by atoms with Crippen molar-refractivity contribution in [2.45, 2.75) is 46.3 Å². The monoisotopic (exact) mass is 546 g/mol. The van der Waals surface area contributed by atoms with Crippen LogP contribution in [0.15, 0.2) is 47.8 Å². The molecule has 0 radical (unpaired) electrons. The smallest absolute Gasteiger partial charge is 0.273 e. The lowest BCUT2D eigenvalue weighted by Gasteiger charge is -2.38. The number of hydrogen-bond donors (Lipinski definition) is 0. The van der Waals surface area contributed by atoms with E-state index in [9.17, 15) is 14.4 Å². The van der Waals surface area contributed by atoms with E-state index in [1.165, 1.54) is 22.5 Å². The highest BCUT2D eigenvalue weighted by Gasteiger charge is 2.32. The van der Waals surface area contributed by atoms with Crippen LogP contribution in [0.4, 0.5) is 0 Å². The van der Waals surface area contributed by atoms with Gasteiger partial charge >= 0.3 is 0 Å². The standard InChI is InChI=1S/C30H34N4O4S/c1-4-28(36)34-12-11-22-9-10-24(17-25(22)29(34)23-7-5-20(2)6-8-23)38-18-27-31-26(19-39-27)30(37)33-15-13-32(14-16-33)21(3)35/h5-10,17,19,29H,4,11-16,18H2,1-3H3/t29-/m0/s1. The van der Waals surface area contributed by atoms with Gasteiger partial charge in [-0.1, -0.05) is 42.8 Å². The lowest BCUT2D eigenvalue weighted by atomic mass is 9.87. The molecule has 1 aromatic heterocycles. The van der Waals surface area contributed by atoms with Crippen molar-refractivity contribution in [3.8, 4) is 5.75 Å². The summed E-state index contributed by atoms with van der Waals surface area (Å²) in [6.45, 7) is 8.58. The van der Waals surface area contributed by atoms with Gasteiger partial charge in [-0.3, -0.25) is 14.4 Å². The number of carbonyl (C=O) groups is 3. The Morgan fingerprint density at radius 2 is 1.72 bits per heavy atom. The predicted octanol–water partition coefficient (Wildman–Crippen LogP) is 4.22. The quantitative estimate of drug-likeness (QED) is 0.462. The summed E-state index contributed by atoms with van der Waals surface area (Å²) in [5.74, 6) is 0.767. The van der Waals surface area contributed by atoms with Crippen molar-refractivity contribution in [3.05, 3.63) is 80.8 Å². The number of fused-ring (bicyclic) bond motifs is 1. The van der Waals surface area contributed by atoms with E-state index in [0.29, 0.717) is 50.6 Å². The van der Waals surface area contributed by atoms with Gasteiger partial charge in [0.25, 0.3) is 5.91 Å². The zero-order chi connectivity index (χ0) is 27.5. The van der Waals surface area contributed by atoms with E-state index in [1.54, 1.807) is 22.1 Å². The average molecular weight is 547 g/mol. The van der Waals surface area contributed by atoms with Crippen LogP contribution in [0, 0.1) is 6.92 Å². The number of aromatic nitrogens is 1. The van der Waals surface area contributed by atoms with Crippen molar-refractivity contribution >= 4 is 29.1 Å². The van der Waals surface area contributed by atoms with Crippen LogP contribution in [0.2, 0.25) is 0 Å². The van der Waals surface area contributed by atoms with Gasteiger partial charge < -0.3 is 19.4 Å². The largest absolute Gasteiger partial charge is 0.486 e. The maximum absolute atomic E-state index is 12.9. The topological polar surface area (TPSA) is 83.1 Å². The Bertz CT molecular complexity index is 1360. The lowest BCUT2D eigenvalue weighted by molar-refractivity contribution is -0.133. The second-order valence-electron chi connectivity index (χ2n) is 10.1. The molecule has 0 bridgehead atoms. The number of carbonyl (C=O) groups excluding carboxylic acids is 3. The fourth-order valence-corrected chi connectivity index (χ4v) is 5.95. The first kappa shape index (κ1) is 26.9. The highest BCUT2D eigenvalue weighted by atomic mass is 32.1. The molecule has 3 heterocycles. The number of aryl methyl sites for hydroxylation is 1. The zero-order valence-electron chi connectivity index (χ0n) is 22.7. The molecule has 2 aliphatic rings. The Morgan fingerprint density at radius 1 is 1.00 bits per heavy atom. The Morgan fingerprint density at radius 3 is 2.41 bits per heavy atom. The molecule has 1 saturated heterocycles. The third kappa shape index (κ3) is 5.83. The summed E-state index contributed by atoms with van der Waals surface area (Å²) in [6, 6.07) is 14.3. The lowest BCUT2D eigenvalue weighted by Crippen LogP contribution is -2.50. The summed E-state index contributed by atoms with van der Waals surface area (Å²) in [5.41, 5.74) is 4.99. The van der Waals surface area contributed by atoms with Crippen molar-refractivity contribution in [1.82, 2.24) is 19.7 Å². The van der Waals surface area contributed by atoms with Crippen molar-refractivity contribution in [2.24, 2.45) is 0 Å². The van der Waals surface area contributed by atoms with Crippen LogP contribution in [-0.2, 0) is 22.6 Å². The maximum atomic E-state index is 12.9. The summed E-state index contributed by atoms with van der Waals surface area (Å²) in [7, 11) is 0. The van der Waals surface area contributed by atoms with Crippen LogP contribution in [0.3, 0.4) is 0 Å². The molecule has 5 rings (SSSR count). The molecule has 8 nitrogen and oxygen atoms in total. The van der Waals surface area contributed by atoms with Crippen LogP contribution in [0.1, 0.15) is 64.1 Å². The fourth-order valence-electron chi connectivity index (χ4n) is 5.27.